The molecule has 0 aliphatic carbocycles. The van der Waals surface area contributed by atoms with E-state index in [1.54, 1.807) is 0 Å². The molecular formula is C42H26N4. The van der Waals surface area contributed by atoms with Gasteiger partial charge in [0, 0.05) is 49.9 Å². The molecule has 0 spiro atoms. The number of benzene rings is 6. The van der Waals surface area contributed by atoms with Gasteiger partial charge in [-0.15, -0.1) is 0 Å². The monoisotopic (exact) mass is 586 g/mol. The number of para-hydroxylation sites is 3. The Hall–Kier alpha value is -6.26. The summed E-state index contributed by atoms with van der Waals surface area (Å²) in [5, 5.41) is 11.9. The molecule has 0 saturated carbocycles. The lowest BCUT2D eigenvalue weighted by molar-refractivity contribution is 0.983. The zero-order valence-corrected chi connectivity index (χ0v) is 24.8. The van der Waals surface area contributed by atoms with Crippen LogP contribution in [0.2, 0.25) is 0 Å². The van der Waals surface area contributed by atoms with E-state index in [9.17, 15) is 0 Å². The summed E-state index contributed by atoms with van der Waals surface area (Å²) in [4.78, 5) is 5.31. The highest BCUT2D eigenvalue weighted by Gasteiger charge is 2.18. The Bertz CT molecular complexity index is 2810. The fourth-order valence-electron chi connectivity index (χ4n) is 7.18. The lowest BCUT2D eigenvalue weighted by Crippen LogP contribution is -1.94. The number of nitrogens with zero attached hydrogens (tertiary/aromatic N) is 4. The van der Waals surface area contributed by atoms with Gasteiger partial charge in [0.05, 0.1) is 33.3 Å². The molecular weight excluding hydrogens is 560 g/mol. The Kier molecular flexibility index (Phi) is 5.25. The largest absolute Gasteiger partial charge is 0.309 e. The molecule has 0 saturated heterocycles. The van der Waals surface area contributed by atoms with Gasteiger partial charge in [-0.3, -0.25) is 0 Å². The predicted molar refractivity (Wildman–Crippen MR) is 191 cm³/mol. The average molecular weight is 587 g/mol. The summed E-state index contributed by atoms with van der Waals surface area (Å²) in [6, 6.07) is 53.9. The van der Waals surface area contributed by atoms with Gasteiger partial charge in [0.25, 0.3) is 0 Å². The predicted octanol–water partition coefficient (Wildman–Crippen LogP) is 10.6. The summed E-state index contributed by atoms with van der Waals surface area (Å²) in [7, 11) is 0. The van der Waals surface area contributed by atoms with Gasteiger partial charge in [0.1, 0.15) is 0 Å². The van der Waals surface area contributed by atoms with Crippen molar-refractivity contribution in [2.24, 2.45) is 0 Å². The SMILES string of the molecule is c1ccc(-n2c3ccccc3c3cc4c(-c5cccc(-c6ccc7c8ccccc8nn7c6)c5)nc5ccccc5c4cc32)cc1. The van der Waals surface area contributed by atoms with Crippen molar-refractivity contribution >= 4 is 59.9 Å². The second-order valence-corrected chi connectivity index (χ2v) is 11.9. The van der Waals surface area contributed by atoms with Crippen molar-refractivity contribution in [1.82, 2.24) is 19.2 Å². The number of hydrogen-bond acceptors (Lipinski definition) is 2. The van der Waals surface area contributed by atoms with Crippen molar-refractivity contribution in [3.05, 3.63) is 158 Å². The molecule has 0 N–H and O–H groups in total. The number of aromatic nitrogens is 4. The molecule has 4 heterocycles. The van der Waals surface area contributed by atoms with E-state index >= 15 is 0 Å². The molecule has 0 amide bonds. The maximum atomic E-state index is 5.31. The first-order valence-corrected chi connectivity index (χ1v) is 15.6. The maximum absolute atomic E-state index is 5.31. The van der Waals surface area contributed by atoms with Gasteiger partial charge in [-0.2, -0.15) is 5.10 Å². The number of pyridine rings is 2. The molecule has 0 aliphatic heterocycles. The third-order valence-electron chi connectivity index (χ3n) is 9.30. The van der Waals surface area contributed by atoms with Crippen LogP contribution in [0.25, 0.3) is 88.0 Å². The zero-order valence-electron chi connectivity index (χ0n) is 24.8. The highest BCUT2D eigenvalue weighted by Crippen LogP contribution is 2.40. The summed E-state index contributed by atoms with van der Waals surface area (Å²) in [6.07, 6.45) is 2.13. The Morgan fingerprint density at radius 1 is 0.391 bits per heavy atom. The van der Waals surface area contributed by atoms with Crippen LogP contribution in [0.3, 0.4) is 0 Å². The van der Waals surface area contributed by atoms with Crippen molar-refractivity contribution in [3.8, 4) is 28.1 Å². The summed E-state index contributed by atoms with van der Waals surface area (Å²) in [5.41, 5.74) is 11.0. The van der Waals surface area contributed by atoms with E-state index in [-0.39, 0.29) is 0 Å². The Morgan fingerprint density at radius 3 is 2.02 bits per heavy atom. The van der Waals surface area contributed by atoms with Crippen LogP contribution in [0.5, 0.6) is 0 Å². The quantitative estimate of drug-likeness (QED) is 0.193. The topological polar surface area (TPSA) is 35.1 Å². The first kappa shape index (κ1) is 25.1. The molecule has 0 radical (unpaired) electrons. The molecule has 0 bridgehead atoms. The van der Waals surface area contributed by atoms with Gasteiger partial charge in [-0.05, 0) is 65.5 Å². The smallest absolute Gasteiger partial charge is 0.0933 e. The average Bonchev–Trinajstić information content (AvgIpc) is 3.66. The van der Waals surface area contributed by atoms with E-state index < -0.39 is 0 Å². The fourth-order valence-corrected chi connectivity index (χ4v) is 7.18. The molecule has 10 rings (SSSR count). The highest BCUT2D eigenvalue weighted by atomic mass is 15.2. The maximum Gasteiger partial charge on any atom is 0.0933 e. The molecule has 0 aliphatic rings. The molecule has 4 aromatic heterocycles. The zero-order chi connectivity index (χ0) is 30.2. The van der Waals surface area contributed by atoms with E-state index in [1.807, 2.05) is 10.6 Å². The standard InChI is InChI=1S/C42H26N4/c1-2-13-30(14-3-1)46-40-20-9-6-16-32(40)35-24-36-34(25-41(35)46)31-15-4-7-18-37(31)43-42(36)28-12-10-11-27(23-28)29-21-22-39-33-17-5-8-19-38(33)44-45(39)26-29/h1-26H. The van der Waals surface area contributed by atoms with Crippen molar-refractivity contribution < 1.29 is 0 Å². The second kappa shape index (κ2) is 9.62. The van der Waals surface area contributed by atoms with Crippen LogP contribution in [0.4, 0.5) is 0 Å². The van der Waals surface area contributed by atoms with Crippen molar-refractivity contribution in [2.75, 3.05) is 0 Å². The van der Waals surface area contributed by atoms with Crippen LogP contribution in [-0.4, -0.2) is 19.2 Å². The van der Waals surface area contributed by atoms with Gasteiger partial charge in [0.15, 0.2) is 0 Å². The minimum Gasteiger partial charge on any atom is -0.309 e. The van der Waals surface area contributed by atoms with Gasteiger partial charge in [-0.1, -0.05) is 97.1 Å². The van der Waals surface area contributed by atoms with Crippen molar-refractivity contribution in [2.45, 2.75) is 0 Å². The summed E-state index contributed by atoms with van der Waals surface area (Å²) < 4.78 is 4.38. The van der Waals surface area contributed by atoms with Crippen molar-refractivity contribution in [1.29, 1.82) is 0 Å². The number of hydrogen-bond donors (Lipinski definition) is 0. The third-order valence-corrected chi connectivity index (χ3v) is 9.30. The lowest BCUT2D eigenvalue weighted by atomic mass is 9.96. The van der Waals surface area contributed by atoms with E-state index in [0.29, 0.717) is 0 Å². The summed E-state index contributed by atoms with van der Waals surface area (Å²) in [6.45, 7) is 0. The molecule has 46 heavy (non-hydrogen) atoms. The Labute approximate surface area is 264 Å². The van der Waals surface area contributed by atoms with E-state index in [0.717, 1.165) is 60.8 Å². The van der Waals surface area contributed by atoms with Crippen LogP contribution >= 0.6 is 0 Å². The summed E-state index contributed by atoms with van der Waals surface area (Å²) in [5.74, 6) is 0. The van der Waals surface area contributed by atoms with E-state index in [2.05, 4.69) is 156 Å². The van der Waals surface area contributed by atoms with Crippen LogP contribution in [0, 0.1) is 0 Å². The van der Waals surface area contributed by atoms with Crippen molar-refractivity contribution in [3.63, 3.8) is 0 Å². The molecule has 4 nitrogen and oxygen atoms in total. The van der Waals surface area contributed by atoms with Crippen LogP contribution in [0.1, 0.15) is 0 Å². The molecule has 0 fully saturated rings. The first-order valence-electron chi connectivity index (χ1n) is 15.6. The van der Waals surface area contributed by atoms with Gasteiger partial charge < -0.3 is 4.57 Å². The van der Waals surface area contributed by atoms with E-state index in [1.165, 1.54) is 27.2 Å². The third kappa shape index (κ3) is 3.67. The summed E-state index contributed by atoms with van der Waals surface area (Å²) >= 11 is 0. The van der Waals surface area contributed by atoms with Crippen LogP contribution in [-0.2, 0) is 0 Å². The first-order chi connectivity index (χ1) is 22.8. The number of fused-ring (bicyclic) bond motifs is 9. The van der Waals surface area contributed by atoms with E-state index in [4.69, 9.17) is 10.1 Å². The minimum absolute atomic E-state index is 0.986. The van der Waals surface area contributed by atoms with Crippen LogP contribution in [0.15, 0.2) is 158 Å². The normalized spacial score (nSPS) is 11.9. The van der Waals surface area contributed by atoms with Gasteiger partial charge >= 0.3 is 0 Å². The molecule has 10 aromatic rings. The second-order valence-electron chi connectivity index (χ2n) is 11.9. The number of rotatable bonds is 3. The lowest BCUT2D eigenvalue weighted by Gasteiger charge is -2.13. The Balaban J connectivity index is 1.23. The van der Waals surface area contributed by atoms with Crippen LogP contribution < -0.4 is 0 Å². The molecule has 6 aromatic carbocycles. The molecule has 0 atom stereocenters. The molecule has 4 heteroatoms. The highest BCUT2D eigenvalue weighted by molar-refractivity contribution is 6.20. The molecule has 214 valence electrons. The fraction of sp³-hybridized carbons (Fsp3) is 0. The Morgan fingerprint density at radius 2 is 1.13 bits per heavy atom. The minimum atomic E-state index is 0.986. The van der Waals surface area contributed by atoms with Gasteiger partial charge in [0.2, 0.25) is 0 Å². The molecule has 0 unspecified atom stereocenters. The van der Waals surface area contributed by atoms with Gasteiger partial charge in [-0.25, -0.2) is 9.50 Å².